The zero-order chi connectivity index (χ0) is 23.3. The molecular formula is C27H36N2O3. The molecule has 3 atom stereocenters. The molecule has 1 saturated heterocycles. The van der Waals surface area contributed by atoms with E-state index in [0.29, 0.717) is 17.6 Å². The topological polar surface area (TPSA) is 72.8 Å². The van der Waals surface area contributed by atoms with Crippen molar-refractivity contribution < 1.29 is 15.0 Å². The number of phenolic OH excluding ortho intramolecular Hbond substituents is 2. The summed E-state index contributed by atoms with van der Waals surface area (Å²) < 4.78 is 0. The van der Waals surface area contributed by atoms with Gasteiger partial charge in [-0.25, -0.2) is 0 Å². The van der Waals surface area contributed by atoms with Gasteiger partial charge in [-0.3, -0.25) is 4.79 Å². The molecule has 2 aromatic carbocycles. The van der Waals surface area contributed by atoms with E-state index in [1.54, 1.807) is 42.5 Å². The highest BCUT2D eigenvalue weighted by atomic mass is 16.3. The first kappa shape index (κ1) is 23.9. The van der Waals surface area contributed by atoms with Gasteiger partial charge in [0, 0.05) is 25.2 Å². The molecule has 0 aromatic heterocycles. The van der Waals surface area contributed by atoms with Crippen molar-refractivity contribution in [2.24, 2.45) is 11.8 Å². The molecule has 0 saturated carbocycles. The number of piperidine rings is 1. The van der Waals surface area contributed by atoms with Crippen molar-refractivity contribution in [1.29, 1.82) is 0 Å². The Hall–Kier alpha value is -2.79. The monoisotopic (exact) mass is 436 g/mol. The zero-order valence-corrected chi connectivity index (χ0v) is 19.6. The summed E-state index contributed by atoms with van der Waals surface area (Å²) in [7, 11) is 0. The molecule has 3 rings (SSSR count). The van der Waals surface area contributed by atoms with Gasteiger partial charge in [-0.2, -0.15) is 0 Å². The molecular weight excluding hydrogens is 400 g/mol. The molecule has 2 aromatic rings. The summed E-state index contributed by atoms with van der Waals surface area (Å²) in [6.07, 6.45) is 4.33. The number of likely N-dealkylation sites (tertiary alicyclic amines) is 1. The van der Waals surface area contributed by atoms with E-state index in [1.807, 2.05) is 12.1 Å². The molecule has 1 heterocycles. The van der Waals surface area contributed by atoms with Gasteiger partial charge in [0.05, 0.1) is 0 Å². The molecule has 1 fully saturated rings. The Morgan fingerprint density at radius 3 is 2.53 bits per heavy atom. The third-order valence-corrected chi connectivity index (χ3v) is 6.98. The van der Waals surface area contributed by atoms with Gasteiger partial charge in [0.1, 0.15) is 11.5 Å². The summed E-state index contributed by atoms with van der Waals surface area (Å²) in [4.78, 5) is 15.0. The van der Waals surface area contributed by atoms with Crippen LogP contribution in [0, 0.1) is 11.8 Å². The summed E-state index contributed by atoms with van der Waals surface area (Å²) >= 11 is 0. The van der Waals surface area contributed by atoms with E-state index >= 15 is 0 Å². The maximum atomic E-state index is 12.5. The Morgan fingerprint density at radius 2 is 1.91 bits per heavy atom. The second-order valence-corrected chi connectivity index (χ2v) is 9.66. The first-order valence-corrected chi connectivity index (χ1v) is 11.5. The lowest BCUT2D eigenvalue weighted by atomic mass is 9.68. The average Bonchev–Trinajstić information content (AvgIpc) is 2.75. The number of hydrogen-bond acceptors (Lipinski definition) is 4. The smallest absolute Gasteiger partial charge is 0.244 e. The Balaban J connectivity index is 1.59. The van der Waals surface area contributed by atoms with Crippen LogP contribution < -0.4 is 5.32 Å². The van der Waals surface area contributed by atoms with E-state index in [1.165, 1.54) is 5.56 Å². The number of hydrogen-bond donors (Lipinski definition) is 3. The molecule has 0 unspecified atom stereocenters. The average molecular weight is 437 g/mol. The molecule has 0 bridgehead atoms. The molecule has 3 N–H and O–H groups in total. The van der Waals surface area contributed by atoms with Crippen LogP contribution in [0.1, 0.15) is 45.2 Å². The van der Waals surface area contributed by atoms with Crippen LogP contribution in [0.5, 0.6) is 11.5 Å². The number of carbonyl (C=O) groups excluding carboxylic acids is 1. The van der Waals surface area contributed by atoms with Gasteiger partial charge in [-0.1, -0.05) is 52.0 Å². The fourth-order valence-electron chi connectivity index (χ4n) is 4.46. The number of amides is 1. The van der Waals surface area contributed by atoms with Gasteiger partial charge in [0.25, 0.3) is 0 Å². The van der Waals surface area contributed by atoms with Crippen molar-refractivity contribution in [3.05, 3.63) is 65.7 Å². The molecule has 172 valence electrons. The summed E-state index contributed by atoms with van der Waals surface area (Å²) in [5.74, 6) is 1.17. The quantitative estimate of drug-likeness (QED) is 0.557. The predicted molar refractivity (Wildman–Crippen MR) is 130 cm³/mol. The second kappa shape index (κ2) is 10.2. The van der Waals surface area contributed by atoms with Crippen LogP contribution in [0.25, 0.3) is 6.08 Å². The Morgan fingerprint density at radius 1 is 1.19 bits per heavy atom. The SMILES string of the molecule is CC(C)[C@@H](CN1CC[C@@](C)(c2cccc(O)c2)[C@@H](C)C1)NC(=O)/C=C/c1ccc(O)cc1. The number of nitrogens with one attached hydrogen (secondary N) is 1. The van der Waals surface area contributed by atoms with Crippen LogP contribution in [0.2, 0.25) is 0 Å². The highest BCUT2D eigenvalue weighted by molar-refractivity contribution is 5.91. The Kier molecular flexibility index (Phi) is 7.62. The van der Waals surface area contributed by atoms with E-state index in [9.17, 15) is 15.0 Å². The molecule has 1 aliphatic rings. The van der Waals surface area contributed by atoms with Gasteiger partial charge < -0.3 is 20.4 Å². The van der Waals surface area contributed by atoms with Crippen LogP contribution in [0.3, 0.4) is 0 Å². The molecule has 32 heavy (non-hydrogen) atoms. The van der Waals surface area contributed by atoms with Crippen LogP contribution in [0.15, 0.2) is 54.6 Å². The Labute approximate surface area is 191 Å². The van der Waals surface area contributed by atoms with E-state index < -0.39 is 0 Å². The predicted octanol–water partition coefficient (Wildman–Crippen LogP) is 4.55. The van der Waals surface area contributed by atoms with E-state index in [4.69, 9.17) is 0 Å². The van der Waals surface area contributed by atoms with Gasteiger partial charge in [0.2, 0.25) is 5.91 Å². The minimum atomic E-state index is -0.105. The fraction of sp³-hybridized carbons (Fsp3) is 0.444. The summed E-state index contributed by atoms with van der Waals surface area (Å²) in [5, 5.41) is 22.5. The Bertz CT molecular complexity index is 938. The third kappa shape index (κ3) is 5.92. The lowest BCUT2D eigenvalue weighted by molar-refractivity contribution is -0.117. The van der Waals surface area contributed by atoms with Crippen molar-refractivity contribution in [3.63, 3.8) is 0 Å². The normalized spacial score (nSPS) is 22.8. The van der Waals surface area contributed by atoms with E-state index in [-0.39, 0.29) is 23.1 Å². The van der Waals surface area contributed by atoms with Crippen LogP contribution in [-0.4, -0.2) is 46.7 Å². The summed E-state index contributed by atoms with van der Waals surface area (Å²) in [6, 6.07) is 14.5. The van der Waals surface area contributed by atoms with Crippen LogP contribution >= 0.6 is 0 Å². The lowest BCUT2D eigenvalue weighted by Gasteiger charge is -2.46. The second-order valence-electron chi connectivity index (χ2n) is 9.66. The molecule has 1 aliphatic heterocycles. The maximum absolute atomic E-state index is 12.5. The molecule has 0 spiro atoms. The minimum absolute atomic E-state index is 0.0265. The largest absolute Gasteiger partial charge is 0.508 e. The molecule has 0 aliphatic carbocycles. The summed E-state index contributed by atoms with van der Waals surface area (Å²) in [6.45, 7) is 11.6. The third-order valence-electron chi connectivity index (χ3n) is 6.98. The number of carbonyl (C=O) groups is 1. The molecule has 0 radical (unpaired) electrons. The molecule has 5 heteroatoms. The number of phenols is 2. The van der Waals surface area contributed by atoms with Crippen molar-refractivity contribution in [3.8, 4) is 11.5 Å². The van der Waals surface area contributed by atoms with Gasteiger partial charge in [-0.15, -0.1) is 0 Å². The van der Waals surface area contributed by atoms with Crippen molar-refractivity contribution in [1.82, 2.24) is 10.2 Å². The standard InChI is InChI=1S/C27H36N2O3/c1-19(2)25(28-26(32)13-10-21-8-11-23(30)12-9-21)18-29-15-14-27(4,20(3)17-29)22-6-5-7-24(31)16-22/h5-13,16,19-20,25,30-31H,14-15,17-18H2,1-4H3,(H,28,32)/b13-10+/t20-,25+,27+/m0/s1. The lowest BCUT2D eigenvalue weighted by Crippen LogP contribution is -2.53. The number of nitrogens with zero attached hydrogens (tertiary/aromatic N) is 1. The zero-order valence-electron chi connectivity index (χ0n) is 19.6. The minimum Gasteiger partial charge on any atom is -0.508 e. The highest BCUT2D eigenvalue weighted by Crippen LogP contribution is 2.40. The van der Waals surface area contributed by atoms with Crippen molar-refractivity contribution >= 4 is 12.0 Å². The number of rotatable bonds is 7. The number of aromatic hydroxyl groups is 2. The molecule has 5 nitrogen and oxygen atoms in total. The van der Waals surface area contributed by atoms with Gasteiger partial charge >= 0.3 is 0 Å². The highest BCUT2D eigenvalue weighted by Gasteiger charge is 2.38. The molecule has 1 amide bonds. The number of benzene rings is 2. The first-order valence-electron chi connectivity index (χ1n) is 11.5. The van der Waals surface area contributed by atoms with Crippen LogP contribution in [-0.2, 0) is 10.2 Å². The van der Waals surface area contributed by atoms with Crippen LogP contribution in [0.4, 0.5) is 0 Å². The maximum Gasteiger partial charge on any atom is 0.244 e. The van der Waals surface area contributed by atoms with Gasteiger partial charge in [0.15, 0.2) is 0 Å². The van der Waals surface area contributed by atoms with Crippen molar-refractivity contribution in [2.45, 2.75) is 45.6 Å². The van der Waals surface area contributed by atoms with Gasteiger partial charge in [-0.05, 0) is 71.7 Å². The van der Waals surface area contributed by atoms with E-state index in [0.717, 1.165) is 31.6 Å². The first-order chi connectivity index (χ1) is 15.2. The van der Waals surface area contributed by atoms with E-state index in [2.05, 4.69) is 44.0 Å². The van der Waals surface area contributed by atoms with Crippen molar-refractivity contribution in [2.75, 3.05) is 19.6 Å². The fourth-order valence-corrected chi connectivity index (χ4v) is 4.46. The summed E-state index contributed by atoms with van der Waals surface area (Å²) in [5.41, 5.74) is 2.09.